The molecule has 28 heavy (non-hydrogen) atoms. The van der Waals surface area contributed by atoms with Crippen LogP contribution in [0.3, 0.4) is 0 Å². The molecule has 148 valence electrons. The lowest BCUT2D eigenvalue weighted by molar-refractivity contribution is 0.0526. The van der Waals surface area contributed by atoms with Crippen molar-refractivity contribution in [3.05, 3.63) is 42.0 Å². The quantitative estimate of drug-likeness (QED) is 0.572. The van der Waals surface area contributed by atoms with E-state index in [-0.39, 0.29) is 17.8 Å². The Labute approximate surface area is 167 Å². The highest BCUT2D eigenvalue weighted by molar-refractivity contribution is 7.80. The molecule has 1 aromatic heterocycles. The zero-order chi connectivity index (χ0) is 20.1. The number of hydrogen-bond donors (Lipinski definition) is 2. The summed E-state index contributed by atoms with van der Waals surface area (Å²) in [5.74, 6) is -0.979. The molecular formula is C18H22N6O3S. The number of piperidine rings is 1. The summed E-state index contributed by atoms with van der Waals surface area (Å²) in [6.07, 6.45) is 3.37. The average molecular weight is 402 g/mol. The minimum absolute atomic E-state index is 0.0134. The van der Waals surface area contributed by atoms with Crippen molar-refractivity contribution < 1.29 is 14.3 Å². The number of benzene rings is 1. The van der Waals surface area contributed by atoms with Gasteiger partial charge < -0.3 is 20.7 Å². The number of carbonyl (C=O) groups is 2. The summed E-state index contributed by atoms with van der Waals surface area (Å²) >= 11 is 5.54. The SMILES string of the molecule is CCOC(=O)c1ccc(NC(=S)N2CCCC(n3cnc(C(N)=O)n3)C2)cc1. The van der Waals surface area contributed by atoms with Gasteiger partial charge in [-0.15, -0.1) is 5.10 Å². The topological polar surface area (TPSA) is 115 Å². The smallest absolute Gasteiger partial charge is 0.338 e. The number of likely N-dealkylation sites (tertiary alicyclic amines) is 1. The summed E-state index contributed by atoms with van der Waals surface area (Å²) in [4.78, 5) is 28.9. The minimum atomic E-state index is -0.644. The molecule has 1 amide bonds. The Morgan fingerprint density at radius 3 is 2.75 bits per heavy atom. The van der Waals surface area contributed by atoms with E-state index < -0.39 is 5.91 Å². The van der Waals surface area contributed by atoms with Crippen LogP contribution in [-0.2, 0) is 4.74 Å². The molecule has 0 bridgehead atoms. The number of nitrogens with one attached hydrogen (secondary N) is 1. The van der Waals surface area contributed by atoms with Crippen LogP contribution in [0.5, 0.6) is 0 Å². The number of ether oxygens (including phenoxy) is 1. The van der Waals surface area contributed by atoms with Gasteiger partial charge >= 0.3 is 5.97 Å². The number of esters is 1. The highest BCUT2D eigenvalue weighted by Gasteiger charge is 2.24. The van der Waals surface area contributed by atoms with E-state index in [1.165, 1.54) is 6.33 Å². The van der Waals surface area contributed by atoms with Crippen molar-refractivity contribution in [3.63, 3.8) is 0 Å². The van der Waals surface area contributed by atoms with Crippen LogP contribution in [0.15, 0.2) is 30.6 Å². The standard InChI is InChI=1S/C18H22N6O3S/c1-2-27-17(26)12-5-7-13(8-6-12)21-18(28)23-9-3-4-14(10-23)24-11-20-16(22-24)15(19)25/h5-8,11,14H,2-4,9-10H2,1H3,(H2,19,25)(H,21,28). The number of nitrogens with two attached hydrogens (primary N) is 1. The van der Waals surface area contributed by atoms with Crippen LogP contribution in [0.2, 0.25) is 0 Å². The van der Waals surface area contributed by atoms with Crippen LogP contribution < -0.4 is 11.1 Å². The second-order valence-electron chi connectivity index (χ2n) is 6.38. The number of carbonyl (C=O) groups excluding carboxylic acids is 2. The van der Waals surface area contributed by atoms with E-state index >= 15 is 0 Å². The van der Waals surface area contributed by atoms with Crippen LogP contribution in [-0.4, -0.2) is 56.3 Å². The van der Waals surface area contributed by atoms with Crippen molar-refractivity contribution in [1.82, 2.24) is 19.7 Å². The van der Waals surface area contributed by atoms with Gasteiger partial charge in [-0.25, -0.2) is 14.5 Å². The molecule has 3 N–H and O–H groups in total. The van der Waals surface area contributed by atoms with Crippen molar-refractivity contribution in [1.29, 1.82) is 0 Å². The van der Waals surface area contributed by atoms with Crippen molar-refractivity contribution >= 4 is 34.9 Å². The number of primary amides is 1. The van der Waals surface area contributed by atoms with Crippen LogP contribution >= 0.6 is 12.2 Å². The van der Waals surface area contributed by atoms with Gasteiger partial charge in [0.25, 0.3) is 5.91 Å². The molecule has 0 spiro atoms. The molecule has 9 nitrogen and oxygen atoms in total. The van der Waals surface area contributed by atoms with Crippen molar-refractivity contribution in [2.75, 3.05) is 25.0 Å². The normalized spacial score (nSPS) is 16.5. The predicted octanol–water partition coefficient (Wildman–Crippen LogP) is 1.59. The molecule has 2 heterocycles. The van der Waals surface area contributed by atoms with Gasteiger partial charge in [-0.05, 0) is 56.2 Å². The van der Waals surface area contributed by atoms with E-state index in [1.807, 2.05) is 4.90 Å². The number of rotatable bonds is 5. The Bertz CT molecular complexity index is 866. The Morgan fingerprint density at radius 1 is 1.36 bits per heavy atom. The Hall–Kier alpha value is -3.01. The minimum Gasteiger partial charge on any atom is -0.462 e. The molecule has 1 saturated heterocycles. The first kappa shape index (κ1) is 19.7. The van der Waals surface area contributed by atoms with Gasteiger partial charge in [0.1, 0.15) is 6.33 Å². The number of thiocarbonyl (C=S) groups is 1. The first-order valence-electron chi connectivity index (χ1n) is 9.02. The third-order valence-corrected chi connectivity index (χ3v) is 4.79. The fraction of sp³-hybridized carbons (Fsp3) is 0.389. The lowest BCUT2D eigenvalue weighted by atomic mass is 10.1. The van der Waals surface area contributed by atoms with Gasteiger partial charge in [0.2, 0.25) is 5.82 Å². The number of amides is 1. The fourth-order valence-electron chi connectivity index (χ4n) is 3.03. The molecule has 1 atom stereocenters. The van der Waals surface area contributed by atoms with E-state index in [0.29, 0.717) is 23.8 Å². The molecule has 0 saturated carbocycles. The summed E-state index contributed by atoms with van der Waals surface area (Å²) in [6.45, 7) is 3.58. The number of hydrogen-bond acceptors (Lipinski definition) is 6. The van der Waals surface area contributed by atoms with E-state index in [9.17, 15) is 9.59 Å². The number of nitrogens with zero attached hydrogens (tertiary/aromatic N) is 4. The molecular weight excluding hydrogens is 380 g/mol. The molecule has 2 aromatic rings. The second kappa shape index (κ2) is 8.79. The van der Waals surface area contributed by atoms with Crippen molar-refractivity contribution in [3.8, 4) is 0 Å². The van der Waals surface area contributed by atoms with Gasteiger partial charge in [0.05, 0.1) is 18.2 Å². The summed E-state index contributed by atoms with van der Waals surface area (Å²) in [7, 11) is 0. The first-order chi connectivity index (χ1) is 13.5. The van der Waals surface area contributed by atoms with Crippen LogP contribution in [0.1, 0.15) is 46.8 Å². The highest BCUT2D eigenvalue weighted by Crippen LogP contribution is 2.22. The molecule has 1 fully saturated rings. The zero-order valence-electron chi connectivity index (χ0n) is 15.5. The highest BCUT2D eigenvalue weighted by atomic mass is 32.1. The summed E-state index contributed by atoms with van der Waals surface area (Å²) in [5, 5.41) is 7.93. The average Bonchev–Trinajstić information content (AvgIpc) is 3.19. The molecule has 1 aliphatic heterocycles. The predicted molar refractivity (Wildman–Crippen MR) is 107 cm³/mol. The maximum absolute atomic E-state index is 11.7. The first-order valence-corrected chi connectivity index (χ1v) is 9.42. The molecule has 1 aromatic carbocycles. The second-order valence-corrected chi connectivity index (χ2v) is 6.77. The molecule has 1 unspecified atom stereocenters. The third kappa shape index (κ3) is 4.63. The van der Waals surface area contributed by atoms with E-state index in [2.05, 4.69) is 15.4 Å². The molecule has 0 aliphatic carbocycles. The van der Waals surface area contributed by atoms with Gasteiger partial charge in [-0.3, -0.25) is 4.79 Å². The lowest BCUT2D eigenvalue weighted by Gasteiger charge is -2.34. The molecule has 3 rings (SSSR count). The third-order valence-electron chi connectivity index (χ3n) is 4.43. The van der Waals surface area contributed by atoms with E-state index in [1.54, 1.807) is 35.9 Å². The van der Waals surface area contributed by atoms with E-state index in [4.69, 9.17) is 22.7 Å². The number of aromatic nitrogens is 3. The largest absolute Gasteiger partial charge is 0.462 e. The van der Waals surface area contributed by atoms with Gasteiger partial charge in [0, 0.05) is 18.8 Å². The summed E-state index contributed by atoms with van der Waals surface area (Å²) in [5.41, 5.74) is 6.50. The van der Waals surface area contributed by atoms with Gasteiger partial charge in [0.15, 0.2) is 5.11 Å². The Balaban J connectivity index is 1.60. The molecule has 0 radical (unpaired) electrons. The zero-order valence-corrected chi connectivity index (χ0v) is 16.3. The maximum atomic E-state index is 11.7. The monoisotopic (exact) mass is 402 g/mol. The van der Waals surface area contributed by atoms with Crippen molar-refractivity contribution in [2.45, 2.75) is 25.8 Å². The maximum Gasteiger partial charge on any atom is 0.338 e. The van der Waals surface area contributed by atoms with Gasteiger partial charge in [-0.2, -0.15) is 0 Å². The van der Waals surface area contributed by atoms with E-state index in [0.717, 1.165) is 25.1 Å². The van der Waals surface area contributed by atoms with Crippen LogP contribution in [0.25, 0.3) is 0 Å². The van der Waals surface area contributed by atoms with Crippen LogP contribution in [0, 0.1) is 0 Å². The summed E-state index contributed by atoms with van der Waals surface area (Å²) in [6, 6.07) is 7.03. The lowest BCUT2D eigenvalue weighted by Crippen LogP contribution is -2.43. The fourth-order valence-corrected chi connectivity index (χ4v) is 3.31. The van der Waals surface area contributed by atoms with Crippen LogP contribution in [0.4, 0.5) is 5.69 Å². The molecule has 10 heteroatoms. The Morgan fingerprint density at radius 2 is 2.11 bits per heavy atom. The molecule has 1 aliphatic rings. The van der Waals surface area contributed by atoms with Gasteiger partial charge in [-0.1, -0.05) is 0 Å². The Kier molecular flexibility index (Phi) is 6.19. The number of anilines is 1. The summed E-state index contributed by atoms with van der Waals surface area (Å²) < 4.78 is 6.65. The van der Waals surface area contributed by atoms with Crippen molar-refractivity contribution in [2.24, 2.45) is 5.73 Å².